The molecule has 1 amide bonds. The van der Waals surface area contributed by atoms with Crippen molar-refractivity contribution in [3.63, 3.8) is 0 Å². The van der Waals surface area contributed by atoms with E-state index in [1.165, 1.54) is 3.57 Å². The number of carbonyl (C=O) groups excluding carboxylic acids is 1. The molecule has 1 atom stereocenters. The minimum atomic E-state index is -0.374. The summed E-state index contributed by atoms with van der Waals surface area (Å²) >= 11 is 2.27. The molecule has 5 heteroatoms. The van der Waals surface area contributed by atoms with E-state index in [0.29, 0.717) is 0 Å². The fourth-order valence-electron chi connectivity index (χ4n) is 2.29. The molecule has 0 aliphatic carbocycles. The first-order valence-electron chi connectivity index (χ1n) is 7.95. The Morgan fingerprint density at radius 3 is 2.54 bits per heavy atom. The summed E-state index contributed by atoms with van der Waals surface area (Å²) in [4.78, 5) is 12.3. The van der Waals surface area contributed by atoms with Gasteiger partial charge in [0.1, 0.15) is 6.04 Å². The Bertz CT molecular complexity index is 729. The van der Waals surface area contributed by atoms with E-state index in [9.17, 15) is 4.79 Å². The SMILES string of the molecule is CCC(=NNC(=O)C(C)Nc1ccc(I)cc1C)c1ccccc1. The van der Waals surface area contributed by atoms with Crippen LogP contribution in [0.1, 0.15) is 31.4 Å². The van der Waals surface area contributed by atoms with Crippen LogP contribution < -0.4 is 10.7 Å². The molecule has 0 aromatic heterocycles. The van der Waals surface area contributed by atoms with Gasteiger partial charge in [-0.1, -0.05) is 37.3 Å². The van der Waals surface area contributed by atoms with E-state index in [1.807, 2.05) is 63.2 Å². The van der Waals surface area contributed by atoms with Crippen LogP contribution in [0.5, 0.6) is 0 Å². The minimum Gasteiger partial charge on any atom is -0.374 e. The van der Waals surface area contributed by atoms with Gasteiger partial charge >= 0.3 is 0 Å². The molecular weight excluding hydrogens is 413 g/mol. The third-order valence-electron chi connectivity index (χ3n) is 3.70. The first-order chi connectivity index (χ1) is 11.5. The van der Waals surface area contributed by atoms with Gasteiger partial charge in [0.05, 0.1) is 5.71 Å². The Morgan fingerprint density at radius 2 is 1.92 bits per heavy atom. The van der Waals surface area contributed by atoms with E-state index in [2.05, 4.69) is 44.5 Å². The second-order valence-electron chi connectivity index (χ2n) is 5.58. The lowest BCUT2D eigenvalue weighted by molar-refractivity contribution is -0.121. The lowest BCUT2D eigenvalue weighted by Gasteiger charge is -2.16. The fourth-order valence-corrected chi connectivity index (χ4v) is 2.93. The molecule has 0 fully saturated rings. The van der Waals surface area contributed by atoms with E-state index < -0.39 is 0 Å². The highest BCUT2D eigenvalue weighted by molar-refractivity contribution is 14.1. The van der Waals surface area contributed by atoms with Crippen molar-refractivity contribution in [2.45, 2.75) is 33.2 Å². The van der Waals surface area contributed by atoms with Crippen molar-refractivity contribution in [2.24, 2.45) is 5.10 Å². The molecule has 0 bridgehead atoms. The van der Waals surface area contributed by atoms with Crippen LogP contribution in [0, 0.1) is 10.5 Å². The topological polar surface area (TPSA) is 53.5 Å². The Balaban J connectivity index is 2.01. The maximum absolute atomic E-state index is 12.3. The van der Waals surface area contributed by atoms with E-state index >= 15 is 0 Å². The number of hydrogen-bond acceptors (Lipinski definition) is 3. The predicted molar refractivity (Wildman–Crippen MR) is 108 cm³/mol. The molecule has 1 unspecified atom stereocenters. The molecular formula is C19H22IN3O. The lowest BCUT2D eigenvalue weighted by atomic mass is 10.1. The maximum Gasteiger partial charge on any atom is 0.262 e. The molecule has 2 rings (SSSR count). The Morgan fingerprint density at radius 1 is 1.21 bits per heavy atom. The summed E-state index contributed by atoms with van der Waals surface area (Å²) in [5, 5.41) is 7.52. The number of benzene rings is 2. The van der Waals surface area contributed by atoms with Crippen molar-refractivity contribution >= 4 is 39.9 Å². The van der Waals surface area contributed by atoms with Gasteiger partial charge < -0.3 is 5.32 Å². The average molecular weight is 435 g/mol. The van der Waals surface area contributed by atoms with Crippen LogP contribution in [0.25, 0.3) is 0 Å². The summed E-state index contributed by atoms with van der Waals surface area (Å²) in [7, 11) is 0. The number of anilines is 1. The van der Waals surface area contributed by atoms with Gasteiger partial charge in [0.15, 0.2) is 0 Å². The van der Waals surface area contributed by atoms with Gasteiger partial charge in [-0.05, 0) is 72.2 Å². The quantitative estimate of drug-likeness (QED) is 0.403. The molecule has 0 heterocycles. The predicted octanol–water partition coefficient (Wildman–Crippen LogP) is 4.33. The number of halogens is 1. The number of nitrogens with zero attached hydrogens (tertiary/aromatic N) is 1. The maximum atomic E-state index is 12.3. The number of carbonyl (C=O) groups is 1. The summed E-state index contributed by atoms with van der Waals surface area (Å²) in [6, 6.07) is 15.6. The van der Waals surface area contributed by atoms with E-state index in [-0.39, 0.29) is 11.9 Å². The van der Waals surface area contributed by atoms with Crippen molar-refractivity contribution in [3.8, 4) is 0 Å². The standard InChI is InChI=1S/C19H22IN3O/c1-4-17(15-8-6-5-7-9-15)22-23-19(24)14(3)21-18-11-10-16(20)12-13(18)2/h5-12,14,21H,4H2,1-3H3,(H,23,24). The van der Waals surface area contributed by atoms with Gasteiger partial charge in [-0.2, -0.15) is 5.10 Å². The molecule has 2 N–H and O–H groups in total. The van der Waals surface area contributed by atoms with Crippen LogP contribution in [-0.4, -0.2) is 17.7 Å². The van der Waals surface area contributed by atoms with E-state index in [0.717, 1.165) is 28.9 Å². The molecule has 0 aliphatic heterocycles. The number of aryl methyl sites for hydroxylation is 1. The first-order valence-corrected chi connectivity index (χ1v) is 9.03. The van der Waals surface area contributed by atoms with E-state index in [1.54, 1.807) is 0 Å². The van der Waals surface area contributed by atoms with Crippen molar-refractivity contribution in [2.75, 3.05) is 5.32 Å². The highest BCUT2D eigenvalue weighted by Crippen LogP contribution is 2.18. The number of nitrogens with one attached hydrogen (secondary N) is 2. The van der Waals surface area contributed by atoms with Gasteiger partial charge in [0, 0.05) is 9.26 Å². The summed E-state index contributed by atoms with van der Waals surface area (Å²) in [5.74, 6) is -0.158. The summed E-state index contributed by atoms with van der Waals surface area (Å²) in [6.07, 6.45) is 0.752. The van der Waals surface area contributed by atoms with E-state index in [4.69, 9.17) is 0 Å². The molecule has 0 saturated heterocycles. The van der Waals surface area contributed by atoms with Crippen molar-refractivity contribution < 1.29 is 4.79 Å². The monoisotopic (exact) mass is 435 g/mol. The zero-order valence-electron chi connectivity index (χ0n) is 14.1. The van der Waals surface area contributed by atoms with Crippen molar-refractivity contribution in [1.82, 2.24) is 5.43 Å². The van der Waals surface area contributed by atoms with Gasteiger partial charge in [-0.25, -0.2) is 5.43 Å². The first kappa shape index (κ1) is 18.4. The molecule has 2 aromatic rings. The van der Waals surface area contributed by atoms with Crippen LogP contribution in [0.3, 0.4) is 0 Å². The Kier molecular flexibility index (Phi) is 6.78. The van der Waals surface area contributed by atoms with Crippen molar-refractivity contribution in [3.05, 3.63) is 63.2 Å². The zero-order valence-corrected chi connectivity index (χ0v) is 16.3. The molecule has 0 aliphatic rings. The normalized spacial score (nSPS) is 12.6. The lowest BCUT2D eigenvalue weighted by Crippen LogP contribution is -2.35. The van der Waals surface area contributed by atoms with Crippen LogP contribution >= 0.6 is 22.6 Å². The van der Waals surface area contributed by atoms with Gasteiger partial charge in [0.25, 0.3) is 5.91 Å². The molecule has 4 nitrogen and oxygen atoms in total. The number of amides is 1. The number of hydrogen-bond donors (Lipinski definition) is 2. The number of hydrazone groups is 1. The van der Waals surface area contributed by atoms with Gasteiger partial charge in [0.2, 0.25) is 0 Å². The highest BCUT2D eigenvalue weighted by Gasteiger charge is 2.13. The molecule has 0 radical (unpaired) electrons. The van der Waals surface area contributed by atoms with Gasteiger partial charge in [-0.15, -0.1) is 0 Å². The molecule has 2 aromatic carbocycles. The molecule has 126 valence electrons. The second kappa shape index (κ2) is 8.82. The minimum absolute atomic E-state index is 0.158. The average Bonchev–Trinajstić information content (AvgIpc) is 2.58. The fraction of sp³-hybridized carbons (Fsp3) is 0.263. The summed E-state index contributed by atoms with van der Waals surface area (Å²) in [5.41, 5.74) is 6.63. The van der Waals surface area contributed by atoms with Crippen LogP contribution in [0.4, 0.5) is 5.69 Å². The van der Waals surface area contributed by atoms with Gasteiger partial charge in [-0.3, -0.25) is 4.79 Å². The Hall–Kier alpha value is -1.89. The summed E-state index contributed by atoms with van der Waals surface area (Å²) in [6.45, 7) is 5.88. The molecule has 0 spiro atoms. The largest absolute Gasteiger partial charge is 0.374 e. The van der Waals surface area contributed by atoms with Crippen LogP contribution in [0.15, 0.2) is 53.6 Å². The highest BCUT2D eigenvalue weighted by atomic mass is 127. The molecule has 0 saturated carbocycles. The summed E-state index contributed by atoms with van der Waals surface area (Å²) < 4.78 is 1.17. The second-order valence-corrected chi connectivity index (χ2v) is 6.83. The third-order valence-corrected chi connectivity index (χ3v) is 4.37. The zero-order chi connectivity index (χ0) is 17.5. The smallest absolute Gasteiger partial charge is 0.262 e. The van der Waals surface area contributed by atoms with Crippen molar-refractivity contribution in [1.29, 1.82) is 0 Å². The van der Waals surface area contributed by atoms with Crippen LogP contribution in [-0.2, 0) is 4.79 Å². The number of rotatable bonds is 6. The third kappa shape index (κ3) is 5.06. The van der Waals surface area contributed by atoms with Crippen LogP contribution in [0.2, 0.25) is 0 Å². The molecule has 24 heavy (non-hydrogen) atoms. The Labute approximate surface area is 156 Å².